The number of hydrogen-bond acceptors (Lipinski definition) is 0. The van der Waals surface area contributed by atoms with Crippen molar-refractivity contribution in [2.45, 2.75) is 13.8 Å². The van der Waals surface area contributed by atoms with Crippen LogP contribution in [0.4, 0.5) is 4.39 Å². The molecule has 0 aliphatic heterocycles. The maximum Gasteiger partial charge on any atom is 0.123 e. The minimum absolute atomic E-state index is 0.162. The van der Waals surface area contributed by atoms with Gasteiger partial charge in [-0.1, -0.05) is 41.9 Å². The minimum atomic E-state index is -0.162. The number of hydrogen-bond donors (Lipinski definition) is 0. The van der Waals surface area contributed by atoms with Crippen molar-refractivity contribution >= 4 is 11.6 Å². The number of rotatable bonds is 0. The van der Waals surface area contributed by atoms with Crippen LogP contribution in [0.3, 0.4) is 0 Å². The van der Waals surface area contributed by atoms with Gasteiger partial charge in [0.2, 0.25) is 0 Å². The topological polar surface area (TPSA) is 0 Å². The molecular formula is C14H14ClF. The van der Waals surface area contributed by atoms with Crippen LogP contribution in [0.1, 0.15) is 11.1 Å². The molecular weight excluding hydrogens is 223 g/mol. The SMILES string of the molecule is Cc1cccc(F)c1.Cc1ccccc1Cl. The van der Waals surface area contributed by atoms with E-state index in [1.54, 1.807) is 6.07 Å². The zero-order valence-corrected chi connectivity index (χ0v) is 10.1. The average Bonchev–Trinajstić information content (AvgIpc) is 2.23. The second kappa shape index (κ2) is 6.29. The molecule has 2 aromatic rings. The second-order valence-corrected chi connectivity index (χ2v) is 3.96. The highest BCUT2D eigenvalue weighted by molar-refractivity contribution is 6.31. The van der Waals surface area contributed by atoms with Crippen molar-refractivity contribution in [3.05, 3.63) is 70.5 Å². The van der Waals surface area contributed by atoms with E-state index < -0.39 is 0 Å². The highest BCUT2D eigenvalue weighted by atomic mass is 35.5. The predicted molar refractivity (Wildman–Crippen MR) is 67.3 cm³/mol. The molecule has 16 heavy (non-hydrogen) atoms. The number of aryl methyl sites for hydroxylation is 2. The summed E-state index contributed by atoms with van der Waals surface area (Å²) in [5.41, 5.74) is 2.10. The van der Waals surface area contributed by atoms with Crippen LogP contribution in [0.15, 0.2) is 48.5 Å². The van der Waals surface area contributed by atoms with E-state index >= 15 is 0 Å². The molecule has 0 nitrogen and oxygen atoms in total. The van der Waals surface area contributed by atoms with Crippen LogP contribution in [0.25, 0.3) is 0 Å². The van der Waals surface area contributed by atoms with Gasteiger partial charge < -0.3 is 0 Å². The van der Waals surface area contributed by atoms with Crippen LogP contribution in [0.5, 0.6) is 0 Å². The third-order valence-electron chi connectivity index (χ3n) is 2.06. The van der Waals surface area contributed by atoms with Crippen LogP contribution in [0.2, 0.25) is 5.02 Å². The molecule has 2 aromatic carbocycles. The lowest BCUT2D eigenvalue weighted by atomic mass is 10.2. The molecule has 0 spiro atoms. The van der Waals surface area contributed by atoms with Crippen LogP contribution < -0.4 is 0 Å². The normalized spacial score (nSPS) is 9.25. The summed E-state index contributed by atoms with van der Waals surface area (Å²) in [5, 5.41) is 0.840. The van der Waals surface area contributed by atoms with Gasteiger partial charge in [-0.15, -0.1) is 0 Å². The van der Waals surface area contributed by atoms with Crippen LogP contribution in [-0.4, -0.2) is 0 Å². The van der Waals surface area contributed by atoms with Gasteiger partial charge in [-0.05, 0) is 43.2 Å². The Balaban J connectivity index is 0.000000160. The summed E-state index contributed by atoms with van der Waals surface area (Å²) in [4.78, 5) is 0. The number of benzene rings is 2. The molecule has 0 N–H and O–H groups in total. The first kappa shape index (κ1) is 12.7. The van der Waals surface area contributed by atoms with Crippen LogP contribution in [-0.2, 0) is 0 Å². The third kappa shape index (κ3) is 4.45. The van der Waals surface area contributed by atoms with Crippen LogP contribution in [0, 0.1) is 19.7 Å². The molecule has 0 aromatic heterocycles. The predicted octanol–water partition coefficient (Wildman–Crippen LogP) is 4.78. The van der Waals surface area contributed by atoms with E-state index in [0.717, 1.165) is 16.1 Å². The Labute approximate surface area is 101 Å². The molecule has 0 atom stereocenters. The lowest BCUT2D eigenvalue weighted by Crippen LogP contribution is -1.72. The van der Waals surface area contributed by atoms with E-state index in [-0.39, 0.29) is 5.82 Å². The van der Waals surface area contributed by atoms with Crippen molar-refractivity contribution in [2.24, 2.45) is 0 Å². The third-order valence-corrected chi connectivity index (χ3v) is 2.48. The highest BCUT2D eigenvalue weighted by Crippen LogP contribution is 2.11. The van der Waals surface area contributed by atoms with E-state index in [1.807, 2.05) is 44.2 Å². The van der Waals surface area contributed by atoms with Crippen molar-refractivity contribution in [2.75, 3.05) is 0 Å². The Morgan fingerprint density at radius 1 is 0.938 bits per heavy atom. The Morgan fingerprint density at radius 2 is 1.62 bits per heavy atom. The quantitative estimate of drug-likeness (QED) is 0.617. The summed E-state index contributed by atoms with van der Waals surface area (Å²) in [6, 6.07) is 14.3. The van der Waals surface area contributed by atoms with Gasteiger partial charge in [0.1, 0.15) is 5.82 Å². The largest absolute Gasteiger partial charge is 0.207 e. The van der Waals surface area contributed by atoms with Gasteiger partial charge in [-0.3, -0.25) is 0 Å². The first-order valence-electron chi connectivity index (χ1n) is 5.03. The van der Waals surface area contributed by atoms with Crippen molar-refractivity contribution < 1.29 is 4.39 Å². The van der Waals surface area contributed by atoms with Crippen molar-refractivity contribution in [1.82, 2.24) is 0 Å². The molecule has 0 aliphatic carbocycles. The second-order valence-electron chi connectivity index (χ2n) is 3.55. The molecule has 0 fully saturated rings. The molecule has 84 valence electrons. The summed E-state index contributed by atoms with van der Waals surface area (Å²) < 4.78 is 12.2. The molecule has 0 bridgehead atoms. The first-order valence-corrected chi connectivity index (χ1v) is 5.40. The Morgan fingerprint density at radius 3 is 2.00 bits per heavy atom. The zero-order chi connectivity index (χ0) is 12.0. The molecule has 0 unspecified atom stereocenters. The van der Waals surface area contributed by atoms with Gasteiger partial charge in [-0.25, -0.2) is 4.39 Å². The van der Waals surface area contributed by atoms with Crippen molar-refractivity contribution in [3.8, 4) is 0 Å². The molecule has 2 heteroatoms. The van der Waals surface area contributed by atoms with Gasteiger partial charge in [0.05, 0.1) is 0 Å². The van der Waals surface area contributed by atoms with Crippen LogP contribution >= 0.6 is 11.6 Å². The smallest absolute Gasteiger partial charge is 0.123 e. The fourth-order valence-corrected chi connectivity index (χ4v) is 1.29. The van der Waals surface area contributed by atoms with Crippen molar-refractivity contribution in [3.63, 3.8) is 0 Å². The molecule has 0 aliphatic rings. The van der Waals surface area contributed by atoms with Gasteiger partial charge in [0, 0.05) is 5.02 Å². The fraction of sp³-hybridized carbons (Fsp3) is 0.143. The summed E-state index contributed by atoms with van der Waals surface area (Å²) in [6.45, 7) is 3.85. The summed E-state index contributed by atoms with van der Waals surface area (Å²) in [5.74, 6) is -0.162. The highest BCUT2D eigenvalue weighted by Gasteiger charge is 1.86. The monoisotopic (exact) mass is 236 g/mol. The van der Waals surface area contributed by atoms with Gasteiger partial charge in [0.15, 0.2) is 0 Å². The lowest BCUT2D eigenvalue weighted by Gasteiger charge is -1.90. The zero-order valence-electron chi connectivity index (χ0n) is 9.37. The van der Waals surface area contributed by atoms with Crippen molar-refractivity contribution in [1.29, 1.82) is 0 Å². The first-order chi connectivity index (χ1) is 7.59. The molecule has 0 saturated heterocycles. The maximum atomic E-state index is 12.2. The Kier molecular flexibility index (Phi) is 5.00. The molecule has 0 saturated carbocycles. The molecule has 0 radical (unpaired) electrons. The van der Waals surface area contributed by atoms with Gasteiger partial charge in [0.25, 0.3) is 0 Å². The number of halogens is 2. The fourth-order valence-electron chi connectivity index (χ4n) is 1.16. The molecule has 0 amide bonds. The lowest BCUT2D eigenvalue weighted by molar-refractivity contribution is 0.626. The average molecular weight is 237 g/mol. The standard InChI is InChI=1S/C7H7Cl.C7H7F/c1-6-4-2-3-5-7(6)8;1-6-3-2-4-7(8)5-6/h2*2-5H,1H3. The summed E-state index contributed by atoms with van der Waals surface area (Å²) in [6.07, 6.45) is 0. The van der Waals surface area contributed by atoms with E-state index in [9.17, 15) is 4.39 Å². The Bertz CT molecular complexity index is 414. The summed E-state index contributed by atoms with van der Waals surface area (Å²) in [7, 11) is 0. The van der Waals surface area contributed by atoms with E-state index in [1.165, 1.54) is 12.1 Å². The molecule has 2 rings (SSSR count). The van der Waals surface area contributed by atoms with Gasteiger partial charge in [-0.2, -0.15) is 0 Å². The van der Waals surface area contributed by atoms with Gasteiger partial charge >= 0.3 is 0 Å². The minimum Gasteiger partial charge on any atom is -0.207 e. The Hall–Kier alpha value is -1.34. The molecule has 0 heterocycles. The van der Waals surface area contributed by atoms with E-state index in [2.05, 4.69) is 0 Å². The maximum absolute atomic E-state index is 12.2. The summed E-state index contributed by atoms with van der Waals surface area (Å²) >= 11 is 5.71. The van der Waals surface area contributed by atoms with E-state index in [4.69, 9.17) is 11.6 Å². The van der Waals surface area contributed by atoms with E-state index in [0.29, 0.717) is 0 Å².